The first-order valence-corrected chi connectivity index (χ1v) is 10.7. The van der Waals surface area contributed by atoms with Crippen LogP contribution in [0.3, 0.4) is 0 Å². The molecule has 0 aliphatic carbocycles. The fourth-order valence-corrected chi connectivity index (χ4v) is 3.83. The maximum absolute atomic E-state index is 13.4. The summed E-state index contributed by atoms with van der Waals surface area (Å²) in [5.74, 6) is -3.25. The van der Waals surface area contributed by atoms with Gasteiger partial charge in [0.1, 0.15) is 6.10 Å². The number of benzene rings is 1. The van der Waals surface area contributed by atoms with Gasteiger partial charge in [-0.1, -0.05) is 19.1 Å². The van der Waals surface area contributed by atoms with E-state index in [2.05, 4.69) is 15.2 Å². The Morgan fingerprint density at radius 1 is 1.18 bits per heavy atom. The molecule has 1 aliphatic heterocycles. The van der Waals surface area contributed by atoms with Gasteiger partial charge in [-0.05, 0) is 31.9 Å². The lowest BCUT2D eigenvalue weighted by Gasteiger charge is -2.37. The summed E-state index contributed by atoms with van der Waals surface area (Å²) < 4.78 is 49.9. The summed E-state index contributed by atoms with van der Waals surface area (Å²) in [7, 11) is 0. The number of halogens is 3. The maximum atomic E-state index is 13.4. The number of rotatable bonds is 5. The third-order valence-corrected chi connectivity index (χ3v) is 5.57. The number of para-hydroxylation sites is 1. The van der Waals surface area contributed by atoms with Crippen LogP contribution in [0.1, 0.15) is 59.2 Å². The van der Waals surface area contributed by atoms with Gasteiger partial charge < -0.3 is 14.1 Å². The van der Waals surface area contributed by atoms with Crippen molar-refractivity contribution in [3.05, 3.63) is 59.6 Å². The van der Waals surface area contributed by atoms with Gasteiger partial charge in [-0.3, -0.25) is 4.79 Å². The summed E-state index contributed by atoms with van der Waals surface area (Å²) in [5, 5.41) is 8.15. The van der Waals surface area contributed by atoms with E-state index in [0.717, 1.165) is 0 Å². The molecule has 4 rings (SSSR count). The number of piperidine rings is 1. The molecule has 0 N–H and O–H groups in total. The van der Waals surface area contributed by atoms with E-state index >= 15 is 0 Å². The molecule has 0 spiro atoms. The third-order valence-electron chi connectivity index (χ3n) is 5.57. The highest BCUT2D eigenvalue weighted by Crippen LogP contribution is 2.34. The monoisotopic (exact) mass is 477 g/mol. The van der Waals surface area contributed by atoms with Crippen LogP contribution in [0.15, 0.2) is 41.1 Å². The normalized spacial score (nSPS) is 18.7. The Labute approximate surface area is 192 Å². The van der Waals surface area contributed by atoms with E-state index in [0.29, 0.717) is 24.1 Å². The lowest BCUT2D eigenvalue weighted by Crippen LogP contribution is -2.49. The van der Waals surface area contributed by atoms with Crippen molar-refractivity contribution in [2.24, 2.45) is 0 Å². The second-order valence-corrected chi connectivity index (χ2v) is 7.88. The molecule has 0 saturated carbocycles. The zero-order valence-corrected chi connectivity index (χ0v) is 18.5. The van der Waals surface area contributed by atoms with Gasteiger partial charge in [-0.2, -0.15) is 28.2 Å². The summed E-state index contributed by atoms with van der Waals surface area (Å²) in [6.07, 6.45) is -1.74. The second-order valence-electron chi connectivity index (χ2n) is 7.88. The summed E-state index contributed by atoms with van der Waals surface area (Å²) in [6.45, 7) is 3.44. The molecule has 180 valence electrons. The highest BCUT2D eigenvalue weighted by Gasteiger charge is 2.43. The molecule has 1 aromatic carbocycles. The predicted molar refractivity (Wildman–Crippen MR) is 111 cm³/mol. The highest BCUT2D eigenvalue weighted by atomic mass is 19.4. The smallest absolute Gasteiger partial charge is 0.452 e. The number of aryl methyl sites for hydroxylation is 1. The molecule has 9 nitrogen and oxygen atoms in total. The third kappa shape index (κ3) is 4.66. The molecule has 1 aliphatic rings. The van der Waals surface area contributed by atoms with Crippen molar-refractivity contribution in [2.45, 2.75) is 51.4 Å². The van der Waals surface area contributed by atoms with Gasteiger partial charge in [0.2, 0.25) is 5.76 Å². The van der Waals surface area contributed by atoms with Crippen LogP contribution >= 0.6 is 0 Å². The van der Waals surface area contributed by atoms with E-state index in [4.69, 9.17) is 9.15 Å². The number of carbonyl (C=O) groups excluding carboxylic acids is 2. The molecule has 34 heavy (non-hydrogen) atoms. The first kappa shape index (κ1) is 23.5. The molecule has 2 aromatic heterocycles. The zero-order chi connectivity index (χ0) is 24.5. The van der Waals surface area contributed by atoms with Crippen LogP contribution in [0.2, 0.25) is 0 Å². The number of oxazole rings is 1. The van der Waals surface area contributed by atoms with E-state index in [1.165, 1.54) is 22.1 Å². The minimum absolute atomic E-state index is 0.0203. The quantitative estimate of drug-likeness (QED) is 0.517. The van der Waals surface area contributed by atoms with Crippen molar-refractivity contribution in [1.29, 1.82) is 0 Å². The van der Waals surface area contributed by atoms with Crippen molar-refractivity contribution < 1.29 is 31.9 Å². The van der Waals surface area contributed by atoms with Crippen LogP contribution in [-0.4, -0.2) is 55.4 Å². The molecule has 0 bridgehead atoms. The largest absolute Gasteiger partial charge is 0.456 e. The Bertz CT molecular complexity index is 1180. The molecule has 3 heterocycles. The lowest BCUT2D eigenvalue weighted by molar-refractivity contribution is -0.154. The molecular formula is C22H22F3N5O4. The van der Waals surface area contributed by atoms with Gasteiger partial charge in [0.15, 0.2) is 11.6 Å². The molecule has 12 heteroatoms. The molecule has 3 aromatic rings. The van der Waals surface area contributed by atoms with Gasteiger partial charge in [-0.25, -0.2) is 9.78 Å². The lowest BCUT2D eigenvalue weighted by atomic mass is 9.99. The van der Waals surface area contributed by atoms with Crippen molar-refractivity contribution in [2.75, 3.05) is 6.54 Å². The van der Waals surface area contributed by atoms with E-state index in [9.17, 15) is 22.8 Å². The second kappa shape index (κ2) is 9.27. The summed E-state index contributed by atoms with van der Waals surface area (Å²) >= 11 is 0. The molecule has 1 amide bonds. The summed E-state index contributed by atoms with van der Waals surface area (Å²) in [5.41, 5.74) is -0.0785. The van der Waals surface area contributed by atoms with Crippen molar-refractivity contribution in [1.82, 2.24) is 24.9 Å². The number of esters is 1. The highest BCUT2D eigenvalue weighted by molar-refractivity contribution is 5.98. The van der Waals surface area contributed by atoms with E-state index < -0.39 is 29.7 Å². The van der Waals surface area contributed by atoms with Gasteiger partial charge in [0.05, 0.1) is 30.2 Å². The topological polar surface area (TPSA) is 103 Å². The van der Waals surface area contributed by atoms with Crippen molar-refractivity contribution >= 4 is 11.9 Å². The summed E-state index contributed by atoms with van der Waals surface area (Å²) in [4.78, 5) is 32.5. The molecule has 1 fully saturated rings. The Morgan fingerprint density at radius 2 is 1.88 bits per heavy atom. The van der Waals surface area contributed by atoms with Crippen LogP contribution in [0, 0.1) is 0 Å². The van der Waals surface area contributed by atoms with Gasteiger partial charge in [-0.15, -0.1) is 0 Å². The number of amides is 1. The molecular weight excluding hydrogens is 455 g/mol. The van der Waals surface area contributed by atoms with Crippen molar-refractivity contribution in [3.8, 4) is 5.69 Å². The van der Waals surface area contributed by atoms with Crippen LogP contribution < -0.4 is 0 Å². The first-order chi connectivity index (χ1) is 16.2. The summed E-state index contributed by atoms with van der Waals surface area (Å²) in [6, 6.07) is 6.63. The molecule has 2 atom stereocenters. The number of alkyl halides is 3. The average molecular weight is 477 g/mol. The Balaban J connectivity index is 1.53. The fourth-order valence-electron chi connectivity index (χ4n) is 3.83. The molecule has 1 saturated heterocycles. The predicted octanol–water partition coefficient (Wildman–Crippen LogP) is 3.69. The number of hydrogen-bond donors (Lipinski definition) is 0. The number of likely N-dealkylation sites (tertiary alicyclic amines) is 1. The minimum Gasteiger partial charge on any atom is -0.456 e. The molecule has 0 radical (unpaired) electrons. The minimum atomic E-state index is -4.89. The molecule has 0 unspecified atom stereocenters. The Morgan fingerprint density at radius 3 is 2.56 bits per heavy atom. The van der Waals surface area contributed by atoms with Crippen LogP contribution in [0.5, 0.6) is 0 Å². The van der Waals surface area contributed by atoms with Crippen molar-refractivity contribution in [3.63, 3.8) is 0 Å². The maximum Gasteiger partial charge on any atom is 0.452 e. The number of nitrogens with zero attached hydrogens (tertiary/aromatic N) is 5. The van der Waals surface area contributed by atoms with Gasteiger partial charge in [0, 0.05) is 12.5 Å². The zero-order valence-electron chi connectivity index (χ0n) is 18.5. The Kier molecular flexibility index (Phi) is 6.40. The number of hydrogen-bond acceptors (Lipinski definition) is 7. The van der Waals surface area contributed by atoms with E-state index in [1.54, 1.807) is 31.2 Å². The number of ether oxygens (including phenoxy) is 1. The first-order valence-electron chi connectivity index (χ1n) is 10.7. The Hall–Kier alpha value is -3.70. The fraction of sp³-hybridized carbons (Fsp3) is 0.409. The standard InChI is InChI=1S/C22H22F3N5O4/c1-3-17-28-18(19(34-17)22(23,24)25)21(32)33-14-9-8-13(2)29(12-14)20(31)15-6-4-5-7-16(15)30-26-10-11-27-30/h4-7,10-11,13-14H,3,8-9,12H2,1-2H3/t13-,14-/m1/s1. The van der Waals surface area contributed by atoms with Gasteiger partial charge >= 0.3 is 12.1 Å². The average Bonchev–Trinajstić information content (AvgIpc) is 3.50. The van der Waals surface area contributed by atoms with E-state index in [1.807, 2.05) is 6.92 Å². The van der Waals surface area contributed by atoms with Crippen LogP contribution in [-0.2, 0) is 17.3 Å². The van der Waals surface area contributed by atoms with Crippen LogP contribution in [0.25, 0.3) is 5.69 Å². The van der Waals surface area contributed by atoms with Crippen LogP contribution in [0.4, 0.5) is 13.2 Å². The van der Waals surface area contributed by atoms with E-state index in [-0.39, 0.29) is 30.8 Å². The number of carbonyl (C=O) groups is 2. The number of aromatic nitrogens is 4. The van der Waals surface area contributed by atoms with Gasteiger partial charge in [0.25, 0.3) is 5.91 Å². The SMILES string of the molecule is CCc1nc(C(=O)O[C@@H]2CC[C@@H](C)N(C(=O)c3ccccc3-n3nccn3)C2)c(C(F)(F)F)o1.